The van der Waals surface area contributed by atoms with Crippen molar-refractivity contribution in [2.75, 3.05) is 7.11 Å². The highest BCUT2D eigenvalue weighted by Gasteiger charge is 2.07. The molecule has 0 saturated carbocycles. The fraction of sp³-hybridized carbons (Fsp3) is 0.333. The van der Waals surface area contributed by atoms with Gasteiger partial charge in [-0.2, -0.15) is 5.10 Å². The summed E-state index contributed by atoms with van der Waals surface area (Å²) in [5, 5.41) is 4.98. The van der Waals surface area contributed by atoms with E-state index in [9.17, 15) is 0 Å². The summed E-state index contributed by atoms with van der Waals surface area (Å²) in [4.78, 5) is 4.25. The van der Waals surface area contributed by atoms with Crippen molar-refractivity contribution in [1.29, 1.82) is 0 Å². The van der Waals surface area contributed by atoms with E-state index in [1.54, 1.807) is 13.2 Å². The first-order valence-corrected chi connectivity index (χ1v) is 5.68. The Kier molecular flexibility index (Phi) is 3.33. The van der Waals surface area contributed by atoms with Gasteiger partial charge in [-0.1, -0.05) is 17.7 Å². The van der Waals surface area contributed by atoms with Crippen molar-refractivity contribution < 1.29 is 4.74 Å². The predicted molar refractivity (Wildman–Crippen MR) is 66.6 cm³/mol. The van der Waals surface area contributed by atoms with Gasteiger partial charge < -0.3 is 4.74 Å². The molecule has 0 aliphatic heterocycles. The normalized spacial score (nSPS) is 10.6. The molecule has 0 aliphatic carbocycles. The Labute approximate surface area is 105 Å². The molecule has 2 rings (SSSR count). The van der Waals surface area contributed by atoms with Crippen molar-refractivity contribution in [3.05, 3.63) is 40.4 Å². The summed E-state index contributed by atoms with van der Waals surface area (Å²) in [6.45, 7) is 4.42. The molecule has 17 heavy (non-hydrogen) atoms. The summed E-state index contributed by atoms with van der Waals surface area (Å²) in [7, 11) is 1.62. The average Bonchev–Trinajstić information content (AvgIpc) is 2.60. The molecule has 4 nitrogen and oxygen atoms in total. The Morgan fingerprint density at radius 1 is 1.35 bits per heavy atom. The van der Waals surface area contributed by atoms with Gasteiger partial charge in [0.2, 0.25) is 0 Å². The van der Waals surface area contributed by atoms with E-state index in [1.807, 2.05) is 30.7 Å². The summed E-state index contributed by atoms with van der Waals surface area (Å²) >= 11 is 6.18. The van der Waals surface area contributed by atoms with E-state index < -0.39 is 0 Å². The van der Waals surface area contributed by atoms with Crippen molar-refractivity contribution in [3.8, 4) is 5.75 Å². The van der Waals surface area contributed by atoms with Gasteiger partial charge in [-0.25, -0.2) is 9.67 Å². The lowest BCUT2D eigenvalue weighted by atomic mass is 10.2. The fourth-order valence-corrected chi connectivity index (χ4v) is 1.89. The maximum absolute atomic E-state index is 6.18. The summed E-state index contributed by atoms with van der Waals surface area (Å²) in [5.74, 6) is 2.41. The first-order chi connectivity index (χ1) is 8.10. The second-order valence-electron chi connectivity index (χ2n) is 3.82. The number of methoxy groups -OCH3 is 1. The van der Waals surface area contributed by atoms with Crippen molar-refractivity contribution in [2.45, 2.75) is 20.4 Å². The van der Waals surface area contributed by atoms with Gasteiger partial charge in [0, 0.05) is 5.02 Å². The maximum Gasteiger partial charge on any atom is 0.147 e. The van der Waals surface area contributed by atoms with Crippen LogP contribution in [0.5, 0.6) is 5.75 Å². The van der Waals surface area contributed by atoms with Crippen LogP contribution in [0.15, 0.2) is 18.2 Å². The van der Waals surface area contributed by atoms with Gasteiger partial charge >= 0.3 is 0 Å². The molecule has 5 heteroatoms. The summed E-state index contributed by atoms with van der Waals surface area (Å²) in [6.07, 6.45) is 0. The van der Waals surface area contributed by atoms with Crippen molar-refractivity contribution >= 4 is 11.6 Å². The summed E-state index contributed by atoms with van der Waals surface area (Å²) in [6, 6.07) is 5.63. The summed E-state index contributed by atoms with van der Waals surface area (Å²) in [5.41, 5.74) is 1.00. The van der Waals surface area contributed by atoms with Crippen LogP contribution in [0.1, 0.15) is 17.2 Å². The first kappa shape index (κ1) is 11.9. The van der Waals surface area contributed by atoms with Crippen LogP contribution in [0.4, 0.5) is 0 Å². The lowest BCUT2D eigenvalue weighted by molar-refractivity contribution is 0.414. The Morgan fingerprint density at radius 2 is 2.12 bits per heavy atom. The number of ether oxygens (including phenoxy) is 1. The molecule has 90 valence electrons. The van der Waals surface area contributed by atoms with Crippen LogP contribution in [0, 0.1) is 13.8 Å². The van der Waals surface area contributed by atoms with E-state index in [2.05, 4.69) is 10.1 Å². The van der Waals surface area contributed by atoms with Gasteiger partial charge in [-0.15, -0.1) is 0 Å². The van der Waals surface area contributed by atoms with E-state index in [1.165, 1.54) is 0 Å². The molecule has 0 amide bonds. The van der Waals surface area contributed by atoms with Crippen molar-refractivity contribution in [3.63, 3.8) is 0 Å². The molecule has 1 heterocycles. The Hall–Kier alpha value is -1.55. The first-order valence-electron chi connectivity index (χ1n) is 5.30. The zero-order valence-corrected chi connectivity index (χ0v) is 10.8. The number of halogens is 1. The van der Waals surface area contributed by atoms with Crippen molar-refractivity contribution in [1.82, 2.24) is 14.8 Å². The largest absolute Gasteiger partial charge is 0.497 e. The maximum atomic E-state index is 6.18. The molecule has 0 radical (unpaired) electrons. The minimum absolute atomic E-state index is 0.621. The highest BCUT2D eigenvalue weighted by atomic mass is 35.5. The third-order valence-corrected chi connectivity index (χ3v) is 2.89. The molecular formula is C12H14ClN3O. The third kappa shape index (κ3) is 2.58. The topological polar surface area (TPSA) is 39.9 Å². The molecule has 1 aromatic heterocycles. The van der Waals surface area contributed by atoms with E-state index >= 15 is 0 Å². The number of rotatable bonds is 3. The zero-order chi connectivity index (χ0) is 12.4. The summed E-state index contributed by atoms with van der Waals surface area (Å²) < 4.78 is 6.95. The van der Waals surface area contributed by atoms with Crippen LogP contribution < -0.4 is 4.74 Å². The standard InChI is InChI=1S/C12H14ClN3O/c1-8-14-9(2)16(15-8)7-10-4-5-11(17-3)6-12(10)13/h4-6H,7H2,1-3H3. The quantitative estimate of drug-likeness (QED) is 0.842. The minimum atomic E-state index is 0.621. The smallest absolute Gasteiger partial charge is 0.147 e. The van der Waals surface area contributed by atoms with E-state index in [-0.39, 0.29) is 0 Å². The fourth-order valence-electron chi connectivity index (χ4n) is 1.66. The zero-order valence-electron chi connectivity index (χ0n) is 10.1. The van der Waals surface area contributed by atoms with E-state index in [0.717, 1.165) is 23.0 Å². The molecule has 1 aromatic carbocycles. The number of aryl methyl sites for hydroxylation is 2. The molecule has 0 spiro atoms. The molecular weight excluding hydrogens is 238 g/mol. The second kappa shape index (κ2) is 4.75. The van der Waals surface area contributed by atoms with Gasteiger partial charge in [-0.05, 0) is 31.5 Å². The average molecular weight is 252 g/mol. The van der Waals surface area contributed by atoms with Crippen LogP contribution in [0.3, 0.4) is 0 Å². The second-order valence-corrected chi connectivity index (χ2v) is 4.23. The van der Waals surface area contributed by atoms with Crippen molar-refractivity contribution in [2.24, 2.45) is 0 Å². The molecule has 2 aromatic rings. The SMILES string of the molecule is COc1ccc(Cn2nc(C)nc2C)c(Cl)c1. The van der Waals surface area contributed by atoms with Gasteiger partial charge in [0.05, 0.1) is 13.7 Å². The van der Waals surface area contributed by atoms with Gasteiger partial charge in [0.15, 0.2) is 0 Å². The molecule has 0 fully saturated rings. The van der Waals surface area contributed by atoms with Crippen LogP contribution in [0.25, 0.3) is 0 Å². The Bertz CT molecular complexity index is 537. The van der Waals surface area contributed by atoms with Crippen LogP contribution in [-0.4, -0.2) is 21.9 Å². The predicted octanol–water partition coefficient (Wildman–Crippen LogP) is 2.61. The lowest BCUT2D eigenvalue weighted by Crippen LogP contribution is -2.04. The third-order valence-electron chi connectivity index (χ3n) is 2.54. The molecule has 0 N–H and O–H groups in total. The Balaban J connectivity index is 2.27. The number of aromatic nitrogens is 3. The van der Waals surface area contributed by atoms with Crippen LogP contribution in [0.2, 0.25) is 5.02 Å². The van der Waals surface area contributed by atoms with Crippen LogP contribution >= 0.6 is 11.6 Å². The molecule has 0 bridgehead atoms. The van der Waals surface area contributed by atoms with E-state index in [0.29, 0.717) is 11.6 Å². The molecule has 0 atom stereocenters. The van der Waals surface area contributed by atoms with Crippen LogP contribution in [-0.2, 0) is 6.54 Å². The minimum Gasteiger partial charge on any atom is -0.497 e. The van der Waals surface area contributed by atoms with Gasteiger partial charge in [0.1, 0.15) is 17.4 Å². The highest BCUT2D eigenvalue weighted by Crippen LogP contribution is 2.23. The monoisotopic (exact) mass is 251 g/mol. The van der Waals surface area contributed by atoms with Gasteiger partial charge in [-0.3, -0.25) is 0 Å². The number of nitrogens with zero attached hydrogens (tertiary/aromatic N) is 3. The number of benzene rings is 1. The molecule has 0 saturated heterocycles. The molecule has 0 unspecified atom stereocenters. The lowest BCUT2D eigenvalue weighted by Gasteiger charge is -2.07. The molecule has 0 aliphatic rings. The number of hydrogen-bond acceptors (Lipinski definition) is 3. The number of hydrogen-bond donors (Lipinski definition) is 0. The van der Waals surface area contributed by atoms with E-state index in [4.69, 9.17) is 16.3 Å². The Morgan fingerprint density at radius 3 is 2.65 bits per heavy atom. The highest BCUT2D eigenvalue weighted by molar-refractivity contribution is 6.31. The van der Waals surface area contributed by atoms with Gasteiger partial charge in [0.25, 0.3) is 0 Å².